The maximum atomic E-state index is 10.6. The van der Waals surface area contributed by atoms with Gasteiger partial charge in [0.1, 0.15) is 5.75 Å². The molecule has 2 aromatic carbocycles. The minimum atomic E-state index is -0.608. The molecule has 7 heteroatoms. The first-order valence-electron chi connectivity index (χ1n) is 11.5. The first kappa shape index (κ1) is 26.0. The lowest BCUT2D eigenvalue weighted by Crippen LogP contribution is -2.37. The Morgan fingerprint density at radius 1 is 1.12 bits per heavy atom. The minimum absolute atomic E-state index is 0.261. The Kier molecular flexibility index (Phi) is 9.72. The van der Waals surface area contributed by atoms with E-state index in [-0.39, 0.29) is 6.61 Å². The van der Waals surface area contributed by atoms with Gasteiger partial charge in [0.15, 0.2) is 0 Å². The Morgan fingerprint density at radius 3 is 2.47 bits per heavy atom. The molecule has 0 fully saturated rings. The van der Waals surface area contributed by atoms with Crippen molar-refractivity contribution in [3.63, 3.8) is 0 Å². The molecule has 1 heterocycles. The molecule has 1 atom stereocenters. The highest BCUT2D eigenvalue weighted by Crippen LogP contribution is 2.32. The van der Waals surface area contributed by atoms with Crippen LogP contribution in [0.1, 0.15) is 25.1 Å². The van der Waals surface area contributed by atoms with Crippen molar-refractivity contribution >= 4 is 11.6 Å². The van der Waals surface area contributed by atoms with Gasteiger partial charge in [0.05, 0.1) is 36.3 Å². The molecule has 0 aliphatic heterocycles. The fourth-order valence-electron chi connectivity index (χ4n) is 3.77. The van der Waals surface area contributed by atoms with Gasteiger partial charge in [-0.25, -0.2) is 4.68 Å². The molecule has 1 aromatic heterocycles. The summed E-state index contributed by atoms with van der Waals surface area (Å²) in [6, 6.07) is 17.2. The van der Waals surface area contributed by atoms with Crippen molar-refractivity contribution in [3.05, 3.63) is 83.5 Å². The SMILES string of the molecule is C=CCOC[C@@H](O)CN(Cc1c(C)nn(-c2ccccc2)c1Oc1ccc(Cl)cc1)CC(C)C. The molecule has 3 aromatic rings. The second-order valence-electron chi connectivity index (χ2n) is 8.74. The molecule has 0 spiro atoms. The summed E-state index contributed by atoms with van der Waals surface area (Å²) in [5, 5.41) is 16.0. The Bertz CT molecular complexity index is 1040. The van der Waals surface area contributed by atoms with Gasteiger partial charge >= 0.3 is 0 Å². The predicted molar refractivity (Wildman–Crippen MR) is 137 cm³/mol. The van der Waals surface area contributed by atoms with E-state index < -0.39 is 6.10 Å². The Balaban J connectivity index is 1.93. The number of halogens is 1. The van der Waals surface area contributed by atoms with Crippen molar-refractivity contribution in [2.75, 3.05) is 26.3 Å². The summed E-state index contributed by atoms with van der Waals surface area (Å²) in [6.45, 7) is 12.5. The third-order valence-electron chi connectivity index (χ3n) is 5.19. The summed E-state index contributed by atoms with van der Waals surface area (Å²) in [5.41, 5.74) is 2.76. The number of para-hydroxylation sites is 1. The smallest absolute Gasteiger partial charge is 0.227 e. The third kappa shape index (κ3) is 7.43. The summed E-state index contributed by atoms with van der Waals surface area (Å²) >= 11 is 6.07. The number of aromatic nitrogens is 2. The number of rotatable bonds is 13. The fourth-order valence-corrected chi connectivity index (χ4v) is 3.89. The molecule has 0 aliphatic carbocycles. The lowest BCUT2D eigenvalue weighted by molar-refractivity contribution is 0.0222. The van der Waals surface area contributed by atoms with Crippen LogP contribution in [0.3, 0.4) is 0 Å². The fraction of sp³-hybridized carbons (Fsp3) is 0.370. The van der Waals surface area contributed by atoms with Crippen molar-refractivity contribution in [2.45, 2.75) is 33.4 Å². The topological polar surface area (TPSA) is 59.8 Å². The van der Waals surface area contributed by atoms with E-state index in [2.05, 4.69) is 25.3 Å². The molecule has 3 rings (SSSR count). The molecule has 0 unspecified atom stereocenters. The number of benzene rings is 2. The van der Waals surface area contributed by atoms with Gasteiger partial charge in [-0.2, -0.15) is 5.10 Å². The van der Waals surface area contributed by atoms with Gasteiger partial charge < -0.3 is 14.6 Å². The Labute approximate surface area is 207 Å². The molecule has 0 amide bonds. The monoisotopic (exact) mass is 483 g/mol. The molecule has 0 saturated heterocycles. The number of ether oxygens (including phenoxy) is 2. The zero-order chi connectivity index (χ0) is 24.5. The standard InChI is InChI=1S/C27H34ClN3O3/c1-5-15-33-19-24(32)17-30(16-20(2)3)18-26-21(4)29-31(23-9-7-6-8-10-23)27(26)34-25-13-11-22(28)12-14-25/h5-14,20,24,32H,1,15-19H2,2-4H3/t24-/m0/s1. The molecule has 0 aliphatic rings. The van der Waals surface area contributed by atoms with Gasteiger partial charge in [-0.1, -0.05) is 49.7 Å². The molecule has 0 radical (unpaired) electrons. The van der Waals surface area contributed by atoms with Crippen LogP contribution in [-0.4, -0.2) is 52.2 Å². The number of aliphatic hydroxyl groups excluding tert-OH is 1. The van der Waals surface area contributed by atoms with Crippen LogP contribution in [-0.2, 0) is 11.3 Å². The first-order valence-corrected chi connectivity index (χ1v) is 11.9. The van der Waals surface area contributed by atoms with Crippen LogP contribution in [0.15, 0.2) is 67.3 Å². The number of aliphatic hydroxyl groups is 1. The van der Waals surface area contributed by atoms with Crippen LogP contribution < -0.4 is 4.74 Å². The number of hydrogen-bond donors (Lipinski definition) is 1. The second-order valence-corrected chi connectivity index (χ2v) is 9.18. The van der Waals surface area contributed by atoms with Gasteiger partial charge in [0.25, 0.3) is 0 Å². The van der Waals surface area contributed by atoms with E-state index in [0.717, 1.165) is 23.5 Å². The zero-order valence-electron chi connectivity index (χ0n) is 20.2. The summed E-state index contributed by atoms with van der Waals surface area (Å²) in [7, 11) is 0. The molecular weight excluding hydrogens is 450 g/mol. The van der Waals surface area contributed by atoms with E-state index in [1.807, 2.05) is 54.1 Å². The van der Waals surface area contributed by atoms with Crippen LogP contribution in [0.25, 0.3) is 5.69 Å². The number of aryl methyl sites for hydroxylation is 1. The van der Waals surface area contributed by atoms with E-state index >= 15 is 0 Å². The number of hydrogen-bond acceptors (Lipinski definition) is 5. The summed E-state index contributed by atoms with van der Waals surface area (Å²) in [4.78, 5) is 2.22. The largest absolute Gasteiger partial charge is 0.439 e. The molecular formula is C27H34ClN3O3. The molecule has 6 nitrogen and oxygen atoms in total. The highest BCUT2D eigenvalue weighted by Gasteiger charge is 2.23. The van der Waals surface area contributed by atoms with Crippen LogP contribution >= 0.6 is 11.6 Å². The average molecular weight is 484 g/mol. The summed E-state index contributed by atoms with van der Waals surface area (Å²) in [6.07, 6.45) is 1.07. The van der Waals surface area contributed by atoms with Crippen molar-refractivity contribution in [1.82, 2.24) is 14.7 Å². The second kappa shape index (κ2) is 12.7. The molecule has 0 saturated carbocycles. The normalized spacial score (nSPS) is 12.3. The van der Waals surface area contributed by atoms with Crippen molar-refractivity contribution in [3.8, 4) is 17.3 Å². The van der Waals surface area contributed by atoms with Crippen LogP contribution in [0, 0.1) is 12.8 Å². The predicted octanol–water partition coefficient (Wildman–Crippen LogP) is 5.65. The lowest BCUT2D eigenvalue weighted by atomic mass is 10.1. The summed E-state index contributed by atoms with van der Waals surface area (Å²) < 4.78 is 13.7. The van der Waals surface area contributed by atoms with Crippen molar-refractivity contribution < 1.29 is 14.6 Å². The maximum Gasteiger partial charge on any atom is 0.227 e. The molecule has 0 bridgehead atoms. The average Bonchev–Trinajstić information content (AvgIpc) is 3.10. The van der Waals surface area contributed by atoms with Gasteiger partial charge in [0.2, 0.25) is 5.88 Å². The van der Waals surface area contributed by atoms with Crippen LogP contribution in [0.2, 0.25) is 5.02 Å². The van der Waals surface area contributed by atoms with Gasteiger partial charge in [-0.05, 0) is 49.2 Å². The van der Waals surface area contributed by atoms with Crippen LogP contribution in [0.5, 0.6) is 11.6 Å². The third-order valence-corrected chi connectivity index (χ3v) is 5.44. The van der Waals surface area contributed by atoms with E-state index in [4.69, 9.17) is 26.2 Å². The first-order chi connectivity index (χ1) is 16.4. The van der Waals surface area contributed by atoms with Gasteiger partial charge in [-0.3, -0.25) is 4.90 Å². The minimum Gasteiger partial charge on any atom is -0.439 e. The van der Waals surface area contributed by atoms with E-state index in [9.17, 15) is 5.11 Å². The lowest BCUT2D eigenvalue weighted by Gasteiger charge is -2.27. The van der Waals surface area contributed by atoms with E-state index in [1.165, 1.54) is 0 Å². The number of nitrogens with zero attached hydrogens (tertiary/aromatic N) is 3. The molecule has 1 N–H and O–H groups in total. The van der Waals surface area contributed by atoms with Crippen molar-refractivity contribution in [1.29, 1.82) is 0 Å². The Morgan fingerprint density at radius 2 is 1.82 bits per heavy atom. The van der Waals surface area contributed by atoms with Gasteiger partial charge in [0, 0.05) is 24.7 Å². The quantitative estimate of drug-likeness (QED) is 0.251. The van der Waals surface area contributed by atoms with E-state index in [1.54, 1.807) is 18.2 Å². The molecule has 182 valence electrons. The zero-order valence-corrected chi connectivity index (χ0v) is 20.9. The Hall–Kier alpha value is -2.64. The van der Waals surface area contributed by atoms with Crippen molar-refractivity contribution in [2.24, 2.45) is 5.92 Å². The summed E-state index contributed by atoms with van der Waals surface area (Å²) in [5.74, 6) is 1.75. The molecule has 34 heavy (non-hydrogen) atoms. The highest BCUT2D eigenvalue weighted by atomic mass is 35.5. The maximum absolute atomic E-state index is 10.6. The van der Waals surface area contributed by atoms with E-state index in [0.29, 0.717) is 42.3 Å². The van der Waals surface area contributed by atoms with Crippen LogP contribution in [0.4, 0.5) is 0 Å². The van der Waals surface area contributed by atoms with Gasteiger partial charge in [-0.15, -0.1) is 6.58 Å². The highest BCUT2D eigenvalue weighted by molar-refractivity contribution is 6.30.